The number of nitrogens with one attached hydrogen (secondary N) is 1. The fourth-order valence-electron chi connectivity index (χ4n) is 5.38. The Labute approximate surface area is 166 Å². The average Bonchev–Trinajstić information content (AvgIpc) is 2.85. The molecule has 3 aliphatic rings. The van der Waals surface area contributed by atoms with E-state index < -0.39 is 5.54 Å². The number of piperazine rings is 1. The first-order valence-electron chi connectivity index (χ1n) is 10.2. The number of nitrogens with zero attached hydrogens (tertiary/aromatic N) is 5. The molecule has 0 bridgehead atoms. The molecule has 1 N–H and O–H groups in total. The summed E-state index contributed by atoms with van der Waals surface area (Å²) >= 11 is 0. The highest BCUT2D eigenvalue weighted by molar-refractivity contribution is 6.07. The third-order valence-electron chi connectivity index (χ3n) is 6.17. The Balaban J connectivity index is 1.39. The summed E-state index contributed by atoms with van der Waals surface area (Å²) in [6.45, 7) is 10.0. The SMILES string of the molecule is C[C@H]1CC(C)(C)C[C@]2(C1)NC(=O)N(CN1CCN(c3ncccn3)CC1)C2=O. The molecule has 0 aromatic carbocycles. The molecule has 2 saturated heterocycles. The second-order valence-corrected chi connectivity index (χ2v) is 9.40. The maximum Gasteiger partial charge on any atom is 0.326 e. The van der Waals surface area contributed by atoms with Gasteiger partial charge in [-0.3, -0.25) is 9.69 Å². The Bertz CT molecular complexity index is 746. The summed E-state index contributed by atoms with van der Waals surface area (Å²) in [6, 6.07) is 1.56. The van der Waals surface area contributed by atoms with E-state index in [2.05, 4.69) is 45.9 Å². The van der Waals surface area contributed by atoms with E-state index in [1.165, 1.54) is 4.90 Å². The van der Waals surface area contributed by atoms with Crippen LogP contribution in [0.2, 0.25) is 0 Å². The smallest absolute Gasteiger partial charge is 0.326 e. The lowest BCUT2D eigenvalue weighted by atomic mass is 9.64. The molecule has 152 valence electrons. The van der Waals surface area contributed by atoms with Crippen molar-refractivity contribution >= 4 is 17.9 Å². The highest BCUT2D eigenvalue weighted by Crippen LogP contribution is 2.46. The van der Waals surface area contributed by atoms with Gasteiger partial charge in [0, 0.05) is 38.6 Å². The summed E-state index contributed by atoms with van der Waals surface area (Å²) in [5.74, 6) is 1.10. The summed E-state index contributed by atoms with van der Waals surface area (Å²) in [6.07, 6.45) is 6.02. The van der Waals surface area contributed by atoms with Gasteiger partial charge < -0.3 is 10.2 Å². The van der Waals surface area contributed by atoms with Gasteiger partial charge in [0.25, 0.3) is 5.91 Å². The van der Waals surface area contributed by atoms with E-state index >= 15 is 0 Å². The molecule has 3 fully saturated rings. The second kappa shape index (κ2) is 6.99. The molecule has 0 radical (unpaired) electrons. The number of anilines is 1. The topological polar surface area (TPSA) is 81.7 Å². The zero-order valence-electron chi connectivity index (χ0n) is 17.0. The number of imide groups is 1. The van der Waals surface area contributed by atoms with E-state index in [0.717, 1.165) is 45.0 Å². The fourth-order valence-corrected chi connectivity index (χ4v) is 5.38. The van der Waals surface area contributed by atoms with Crippen LogP contribution >= 0.6 is 0 Å². The van der Waals surface area contributed by atoms with Crippen molar-refractivity contribution in [2.45, 2.75) is 45.6 Å². The first kappa shape index (κ1) is 19.1. The molecule has 1 aromatic rings. The molecular weight excluding hydrogens is 356 g/mol. The van der Waals surface area contributed by atoms with Crippen LogP contribution in [-0.2, 0) is 4.79 Å². The molecule has 8 nitrogen and oxygen atoms in total. The van der Waals surface area contributed by atoms with E-state index in [1.807, 2.05) is 0 Å². The highest BCUT2D eigenvalue weighted by Gasteiger charge is 2.56. The monoisotopic (exact) mass is 386 g/mol. The Morgan fingerprint density at radius 2 is 1.79 bits per heavy atom. The van der Waals surface area contributed by atoms with Crippen LogP contribution in [-0.4, -0.2) is 70.1 Å². The van der Waals surface area contributed by atoms with Crippen molar-refractivity contribution in [3.63, 3.8) is 0 Å². The molecule has 28 heavy (non-hydrogen) atoms. The molecule has 2 atom stereocenters. The molecule has 0 unspecified atom stereocenters. The number of carbonyl (C=O) groups is 2. The van der Waals surface area contributed by atoms with Crippen molar-refractivity contribution in [3.05, 3.63) is 18.5 Å². The first-order chi connectivity index (χ1) is 13.3. The largest absolute Gasteiger partial charge is 0.338 e. The fraction of sp³-hybridized carbons (Fsp3) is 0.700. The molecule has 3 amide bonds. The van der Waals surface area contributed by atoms with Gasteiger partial charge in [0.1, 0.15) is 5.54 Å². The van der Waals surface area contributed by atoms with Crippen LogP contribution in [0.3, 0.4) is 0 Å². The average molecular weight is 387 g/mol. The molecule has 2 aliphatic heterocycles. The number of carbonyl (C=O) groups excluding carboxylic acids is 2. The Hall–Kier alpha value is -2.22. The lowest BCUT2D eigenvalue weighted by Crippen LogP contribution is -2.55. The molecular formula is C20H30N6O2. The standard InChI is InChI=1S/C20H30N6O2/c1-15-11-19(2,3)13-20(12-15)16(27)26(18(28)23-20)14-24-7-9-25(10-8-24)17-21-5-4-6-22-17/h4-6,15H,7-14H2,1-3H3,(H,23,28)/t15-,20-/m0/s1. The Morgan fingerprint density at radius 3 is 2.43 bits per heavy atom. The molecule has 1 saturated carbocycles. The van der Waals surface area contributed by atoms with Crippen LogP contribution in [0.5, 0.6) is 0 Å². The number of amides is 3. The minimum Gasteiger partial charge on any atom is -0.338 e. The minimum atomic E-state index is -0.724. The molecule has 3 heterocycles. The van der Waals surface area contributed by atoms with Gasteiger partial charge in [-0.25, -0.2) is 19.7 Å². The molecule has 1 aromatic heterocycles. The summed E-state index contributed by atoms with van der Waals surface area (Å²) in [7, 11) is 0. The summed E-state index contributed by atoms with van der Waals surface area (Å²) in [4.78, 5) is 40.3. The quantitative estimate of drug-likeness (QED) is 0.796. The van der Waals surface area contributed by atoms with Gasteiger partial charge in [-0.2, -0.15) is 0 Å². The first-order valence-corrected chi connectivity index (χ1v) is 10.2. The Morgan fingerprint density at radius 1 is 1.11 bits per heavy atom. The Kier molecular flexibility index (Phi) is 4.77. The van der Waals surface area contributed by atoms with Gasteiger partial charge in [-0.05, 0) is 36.7 Å². The highest BCUT2D eigenvalue weighted by atomic mass is 16.2. The van der Waals surface area contributed by atoms with Gasteiger partial charge >= 0.3 is 6.03 Å². The van der Waals surface area contributed by atoms with Crippen LogP contribution in [0.1, 0.15) is 40.0 Å². The summed E-state index contributed by atoms with van der Waals surface area (Å²) in [5.41, 5.74) is -0.671. The van der Waals surface area contributed by atoms with Crippen molar-refractivity contribution < 1.29 is 9.59 Å². The van der Waals surface area contributed by atoms with E-state index in [9.17, 15) is 9.59 Å². The van der Waals surface area contributed by atoms with Crippen LogP contribution in [0.15, 0.2) is 18.5 Å². The van der Waals surface area contributed by atoms with Crippen molar-refractivity contribution in [3.8, 4) is 0 Å². The van der Waals surface area contributed by atoms with Gasteiger partial charge in [0.15, 0.2) is 0 Å². The van der Waals surface area contributed by atoms with Crippen LogP contribution < -0.4 is 10.2 Å². The van der Waals surface area contributed by atoms with Gasteiger partial charge in [-0.15, -0.1) is 0 Å². The third-order valence-corrected chi connectivity index (χ3v) is 6.17. The predicted molar refractivity (Wildman–Crippen MR) is 106 cm³/mol. The van der Waals surface area contributed by atoms with Crippen molar-refractivity contribution in [1.29, 1.82) is 0 Å². The lowest BCUT2D eigenvalue weighted by molar-refractivity contribution is -0.136. The number of hydrogen-bond donors (Lipinski definition) is 1. The maximum atomic E-state index is 13.3. The predicted octanol–water partition coefficient (Wildman–Crippen LogP) is 1.69. The third kappa shape index (κ3) is 3.57. The lowest BCUT2D eigenvalue weighted by Gasteiger charge is -2.44. The van der Waals surface area contributed by atoms with E-state index in [0.29, 0.717) is 19.0 Å². The van der Waals surface area contributed by atoms with Gasteiger partial charge in [0.2, 0.25) is 5.95 Å². The van der Waals surface area contributed by atoms with Gasteiger partial charge in [-0.1, -0.05) is 20.8 Å². The van der Waals surface area contributed by atoms with E-state index in [4.69, 9.17) is 0 Å². The number of urea groups is 1. The number of rotatable bonds is 3. The van der Waals surface area contributed by atoms with Crippen LogP contribution in [0.25, 0.3) is 0 Å². The van der Waals surface area contributed by atoms with Crippen molar-refractivity contribution in [2.24, 2.45) is 11.3 Å². The van der Waals surface area contributed by atoms with E-state index in [1.54, 1.807) is 18.5 Å². The zero-order valence-corrected chi connectivity index (χ0v) is 17.0. The summed E-state index contributed by atoms with van der Waals surface area (Å²) in [5, 5.41) is 3.06. The van der Waals surface area contributed by atoms with Crippen LogP contribution in [0.4, 0.5) is 10.7 Å². The zero-order chi connectivity index (χ0) is 19.9. The number of hydrogen-bond acceptors (Lipinski definition) is 6. The molecule has 1 spiro atoms. The maximum absolute atomic E-state index is 13.3. The summed E-state index contributed by atoms with van der Waals surface area (Å²) < 4.78 is 0. The molecule has 4 rings (SSSR count). The van der Waals surface area contributed by atoms with Crippen molar-refractivity contribution in [2.75, 3.05) is 37.7 Å². The van der Waals surface area contributed by atoms with Crippen LogP contribution in [0, 0.1) is 11.3 Å². The second-order valence-electron chi connectivity index (χ2n) is 9.40. The van der Waals surface area contributed by atoms with Crippen molar-refractivity contribution in [1.82, 2.24) is 25.1 Å². The normalized spacial score (nSPS) is 30.8. The number of aromatic nitrogens is 2. The van der Waals surface area contributed by atoms with Gasteiger partial charge in [0.05, 0.1) is 6.67 Å². The minimum absolute atomic E-state index is 0.0500. The molecule has 8 heteroatoms. The molecule has 1 aliphatic carbocycles. The van der Waals surface area contributed by atoms with E-state index in [-0.39, 0.29) is 17.4 Å².